The van der Waals surface area contributed by atoms with Crippen LogP contribution in [-0.4, -0.2) is 17.6 Å². The van der Waals surface area contributed by atoms with Gasteiger partial charge in [-0.15, -0.1) is 11.3 Å². The molecule has 0 spiro atoms. The van der Waals surface area contributed by atoms with Gasteiger partial charge in [0.1, 0.15) is 17.9 Å². The molecular formula is C13H14N2O3S. The topological polar surface area (TPSA) is 74.4 Å². The average molecular weight is 278 g/mol. The molecule has 2 N–H and O–H groups in total. The lowest BCUT2D eigenvalue weighted by molar-refractivity contribution is 0.0473. The molecule has 0 atom stereocenters. The number of benzene rings is 1. The van der Waals surface area contributed by atoms with Crippen molar-refractivity contribution in [2.45, 2.75) is 13.5 Å². The normalized spacial score (nSPS) is 10.2. The van der Waals surface area contributed by atoms with Crippen LogP contribution in [0.1, 0.15) is 22.2 Å². The maximum Gasteiger partial charge on any atom is 0.344 e. The maximum atomic E-state index is 12.1. The zero-order valence-electron chi connectivity index (χ0n) is 10.5. The smallest absolute Gasteiger partial charge is 0.344 e. The first-order chi connectivity index (χ1) is 9.22. The lowest BCUT2D eigenvalue weighted by atomic mass is 10.1. The molecular weight excluding hydrogens is 264 g/mol. The monoisotopic (exact) mass is 278 g/mol. The molecule has 0 aliphatic heterocycles. The van der Waals surface area contributed by atoms with Crippen LogP contribution in [-0.2, 0) is 11.3 Å². The van der Waals surface area contributed by atoms with Crippen LogP contribution in [0.25, 0.3) is 0 Å². The Morgan fingerprint density at radius 3 is 3.00 bits per heavy atom. The highest BCUT2D eigenvalue weighted by molar-refractivity contribution is 7.09. The molecule has 1 aromatic heterocycles. The van der Waals surface area contributed by atoms with Crippen molar-refractivity contribution < 1.29 is 14.3 Å². The molecule has 0 aliphatic carbocycles. The summed E-state index contributed by atoms with van der Waals surface area (Å²) in [5.74, 6) is -0.0493. The van der Waals surface area contributed by atoms with Crippen LogP contribution >= 0.6 is 11.3 Å². The molecule has 6 heteroatoms. The van der Waals surface area contributed by atoms with Crippen molar-refractivity contribution in [2.24, 2.45) is 0 Å². The highest BCUT2D eigenvalue weighted by Gasteiger charge is 2.17. The Balaban J connectivity index is 2.13. The van der Waals surface area contributed by atoms with Gasteiger partial charge >= 0.3 is 5.97 Å². The molecule has 0 bridgehead atoms. The fourth-order valence-electron chi connectivity index (χ4n) is 1.56. The number of nitrogens with two attached hydrogens (primary N) is 1. The predicted octanol–water partition coefficient (Wildman–Crippen LogP) is 2.48. The van der Waals surface area contributed by atoms with E-state index in [1.165, 1.54) is 11.3 Å². The first-order valence-electron chi connectivity index (χ1n) is 5.78. The molecule has 0 saturated heterocycles. The molecule has 0 aliphatic rings. The summed E-state index contributed by atoms with van der Waals surface area (Å²) in [4.78, 5) is 16.8. The number of hydrogen-bond donors (Lipinski definition) is 1. The Kier molecular flexibility index (Phi) is 4.35. The van der Waals surface area contributed by atoms with Crippen LogP contribution in [0, 0.1) is 0 Å². The predicted molar refractivity (Wildman–Crippen MR) is 73.3 cm³/mol. The van der Waals surface area contributed by atoms with E-state index in [1.54, 1.807) is 29.9 Å². The minimum absolute atomic E-state index is 0.184. The third-order valence-electron chi connectivity index (χ3n) is 2.39. The van der Waals surface area contributed by atoms with E-state index in [0.717, 1.165) is 4.88 Å². The van der Waals surface area contributed by atoms with Crippen LogP contribution in [0.15, 0.2) is 29.9 Å². The average Bonchev–Trinajstić information content (AvgIpc) is 2.90. The van der Waals surface area contributed by atoms with Crippen molar-refractivity contribution in [2.75, 3.05) is 12.3 Å². The van der Waals surface area contributed by atoms with Gasteiger partial charge in [-0.05, 0) is 19.1 Å². The molecule has 1 aromatic carbocycles. The second-order valence-corrected chi connectivity index (χ2v) is 4.67. The number of esters is 1. The third kappa shape index (κ3) is 3.23. The van der Waals surface area contributed by atoms with Crippen LogP contribution in [0.2, 0.25) is 0 Å². The van der Waals surface area contributed by atoms with Crippen molar-refractivity contribution >= 4 is 23.0 Å². The van der Waals surface area contributed by atoms with Crippen molar-refractivity contribution in [3.8, 4) is 5.75 Å². The van der Waals surface area contributed by atoms with Crippen molar-refractivity contribution in [1.29, 1.82) is 0 Å². The van der Waals surface area contributed by atoms with E-state index in [1.807, 2.05) is 6.92 Å². The second-order valence-electron chi connectivity index (χ2n) is 3.70. The van der Waals surface area contributed by atoms with E-state index in [2.05, 4.69) is 4.98 Å². The summed E-state index contributed by atoms with van der Waals surface area (Å²) in [5, 5.41) is 0. The number of hydrogen-bond acceptors (Lipinski definition) is 6. The largest absolute Gasteiger partial charge is 0.493 e. The molecule has 2 aromatic rings. The number of carbonyl (C=O) groups is 1. The first-order valence-corrected chi connectivity index (χ1v) is 6.66. The van der Waals surface area contributed by atoms with E-state index in [0.29, 0.717) is 18.0 Å². The maximum absolute atomic E-state index is 12.1. The summed E-state index contributed by atoms with van der Waals surface area (Å²) in [6.45, 7) is 2.48. The summed E-state index contributed by atoms with van der Waals surface area (Å²) in [5.41, 5.74) is 8.12. The fraction of sp³-hybridized carbons (Fsp3) is 0.231. The number of thiazole rings is 1. The highest BCUT2D eigenvalue weighted by atomic mass is 32.1. The van der Waals surface area contributed by atoms with Crippen LogP contribution < -0.4 is 10.5 Å². The van der Waals surface area contributed by atoms with E-state index in [4.69, 9.17) is 15.2 Å². The van der Waals surface area contributed by atoms with E-state index < -0.39 is 5.97 Å². The molecule has 0 radical (unpaired) electrons. The zero-order chi connectivity index (χ0) is 13.7. The standard InChI is InChI=1S/C13H14N2O3S/c1-2-17-11-5-3-4-10(14)12(11)13(16)18-7-9-6-15-8-19-9/h3-6,8H,2,7,14H2,1H3. The van der Waals surface area contributed by atoms with Gasteiger partial charge in [0.15, 0.2) is 0 Å². The molecule has 0 unspecified atom stereocenters. The van der Waals surface area contributed by atoms with E-state index >= 15 is 0 Å². The Hall–Kier alpha value is -2.08. The number of aromatic nitrogens is 1. The number of nitrogens with zero attached hydrogens (tertiary/aromatic N) is 1. The SMILES string of the molecule is CCOc1cccc(N)c1C(=O)OCc1cncs1. The van der Waals surface area contributed by atoms with Gasteiger partial charge in [-0.25, -0.2) is 4.79 Å². The Bertz CT molecular complexity index is 555. The van der Waals surface area contributed by atoms with Gasteiger partial charge in [0, 0.05) is 11.9 Å². The Morgan fingerprint density at radius 1 is 1.47 bits per heavy atom. The first kappa shape index (κ1) is 13.4. The van der Waals surface area contributed by atoms with Gasteiger partial charge in [0.2, 0.25) is 0 Å². The summed E-state index contributed by atoms with van der Waals surface area (Å²) in [6.07, 6.45) is 1.66. The number of carbonyl (C=O) groups excluding carboxylic acids is 1. The highest BCUT2D eigenvalue weighted by Crippen LogP contribution is 2.25. The van der Waals surface area contributed by atoms with Gasteiger partial charge in [-0.2, -0.15) is 0 Å². The Labute approximate surface area is 115 Å². The van der Waals surface area contributed by atoms with Gasteiger partial charge in [0.05, 0.1) is 17.0 Å². The summed E-state index contributed by atoms with van der Waals surface area (Å²) < 4.78 is 10.6. The second kappa shape index (κ2) is 6.19. The molecule has 0 amide bonds. The Morgan fingerprint density at radius 2 is 2.32 bits per heavy atom. The third-order valence-corrected chi connectivity index (χ3v) is 3.14. The number of anilines is 1. The van der Waals surface area contributed by atoms with Gasteiger partial charge in [0.25, 0.3) is 0 Å². The molecule has 1 heterocycles. The van der Waals surface area contributed by atoms with Crippen molar-refractivity contribution in [1.82, 2.24) is 4.98 Å². The van der Waals surface area contributed by atoms with Crippen LogP contribution in [0.4, 0.5) is 5.69 Å². The lowest BCUT2D eigenvalue weighted by Crippen LogP contribution is -2.10. The van der Waals surface area contributed by atoms with Crippen LogP contribution in [0.3, 0.4) is 0 Å². The molecule has 0 fully saturated rings. The molecule has 5 nitrogen and oxygen atoms in total. The molecule has 19 heavy (non-hydrogen) atoms. The number of ether oxygens (including phenoxy) is 2. The molecule has 2 rings (SSSR count). The van der Waals surface area contributed by atoms with E-state index in [-0.39, 0.29) is 12.2 Å². The minimum atomic E-state index is -0.491. The zero-order valence-corrected chi connectivity index (χ0v) is 11.3. The van der Waals surface area contributed by atoms with Crippen molar-refractivity contribution in [3.05, 3.63) is 40.3 Å². The summed E-state index contributed by atoms with van der Waals surface area (Å²) in [7, 11) is 0. The summed E-state index contributed by atoms with van der Waals surface area (Å²) >= 11 is 1.43. The van der Waals surface area contributed by atoms with Crippen molar-refractivity contribution in [3.63, 3.8) is 0 Å². The van der Waals surface area contributed by atoms with Gasteiger partial charge in [-0.3, -0.25) is 4.98 Å². The summed E-state index contributed by atoms with van der Waals surface area (Å²) in [6, 6.07) is 5.08. The van der Waals surface area contributed by atoms with Gasteiger partial charge in [-0.1, -0.05) is 6.07 Å². The quantitative estimate of drug-likeness (QED) is 0.671. The van der Waals surface area contributed by atoms with E-state index in [9.17, 15) is 4.79 Å². The van der Waals surface area contributed by atoms with Gasteiger partial charge < -0.3 is 15.2 Å². The number of nitrogen functional groups attached to an aromatic ring is 1. The lowest BCUT2D eigenvalue weighted by Gasteiger charge is -2.11. The molecule has 100 valence electrons. The number of rotatable bonds is 5. The fourth-order valence-corrected chi connectivity index (χ4v) is 2.07. The molecule has 0 saturated carbocycles. The van der Waals surface area contributed by atoms with Crippen LogP contribution in [0.5, 0.6) is 5.75 Å². The minimum Gasteiger partial charge on any atom is -0.493 e.